The van der Waals surface area contributed by atoms with E-state index in [0.717, 1.165) is 0 Å². The number of hydrogen-bond acceptors (Lipinski definition) is 0. The van der Waals surface area contributed by atoms with Gasteiger partial charge in [-0.2, -0.15) is 0 Å². The zero-order chi connectivity index (χ0) is 18.1. The van der Waals surface area contributed by atoms with Gasteiger partial charge < -0.3 is 0 Å². The lowest BCUT2D eigenvalue weighted by Crippen LogP contribution is -2.17. The first-order chi connectivity index (χ1) is 11.1. The van der Waals surface area contributed by atoms with Crippen LogP contribution in [0.4, 0.5) is 39.5 Å². The van der Waals surface area contributed by atoms with Crippen LogP contribution in [0.1, 0.15) is 0 Å². The van der Waals surface area contributed by atoms with Crippen molar-refractivity contribution in [1.29, 1.82) is 0 Å². The molecule has 10 heteroatoms. The van der Waals surface area contributed by atoms with Crippen molar-refractivity contribution >= 4 is 37.0 Å². The monoisotopic (exact) mass is 367 g/mol. The van der Waals surface area contributed by atoms with Gasteiger partial charge in [0.2, 0.25) is 0 Å². The van der Waals surface area contributed by atoms with Crippen LogP contribution in [0, 0.1) is 52.4 Å². The van der Waals surface area contributed by atoms with Gasteiger partial charge in [-0.1, -0.05) is 0 Å². The smallest absolute Gasteiger partial charge is 0.198 e. The van der Waals surface area contributed by atoms with Crippen LogP contribution in [0.2, 0.25) is 0 Å². The molecule has 0 aliphatic rings. The summed E-state index contributed by atoms with van der Waals surface area (Å²) in [5.74, 6) is -20.4. The zero-order valence-corrected chi connectivity index (χ0v) is 11.9. The fraction of sp³-hybridized carbons (Fsp3) is 0. The third-order valence-corrected chi connectivity index (χ3v) is 3.97. The Morgan fingerprint density at radius 3 is 0.875 bits per heavy atom. The van der Waals surface area contributed by atoms with Crippen molar-refractivity contribution in [2.45, 2.75) is 0 Å². The molecule has 0 aliphatic carbocycles. The SMILES string of the molecule is Fc1c(F)c(F)c2c([Si])c3c(F)c(F)c(F)c(F)c3c(F)c2c1F. The van der Waals surface area contributed by atoms with Crippen LogP contribution in [0.5, 0.6) is 0 Å². The molecule has 0 aromatic heterocycles. The molecule has 0 atom stereocenters. The Hall–Kier alpha value is -2.23. The highest BCUT2D eigenvalue weighted by molar-refractivity contribution is 6.45. The van der Waals surface area contributed by atoms with Crippen LogP contribution >= 0.6 is 0 Å². The molecule has 0 amide bonds. The van der Waals surface area contributed by atoms with Crippen molar-refractivity contribution in [3.05, 3.63) is 52.4 Å². The quantitative estimate of drug-likeness (QED) is 0.185. The van der Waals surface area contributed by atoms with Crippen LogP contribution in [0.25, 0.3) is 21.5 Å². The first-order valence-corrected chi connectivity index (χ1v) is 6.45. The minimum atomic E-state index is -2.41. The van der Waals surface area contributed by atoms with Gasteiger partial charge in [0, 0.05) is 10.8 Å². The second-order valence-electron chi connectivity index (χ2n) is 4.70. The van der Waals surface area contributed by atoms with E-state index in [4.69, 9.17) is 0 Å². The molecular weight excluding hydrogens is 367 g/mol. The molecule has 0 heterocycles. The maximum Gasteiger partial charge on any atom is 0.198 e. The highest BCUT2D eigenvalue weighted by Crippen LogP contribution is 2.35. The van der Waals surface area contributed by atoms with E-state index < -0.39 is 79.1 Å². The summed E-state index contributed by atoms with van der Waals surface area (Å²) in [6.07, 6.45) is 0. The number of halogens is 9. The minimum Gasteiger partial charge on any atom is -0.205 e. The molecule has 0 saturated carbocycles. The van der Waals surface area contributed by atoms with Crippen molar-refractivity contribution in [2.75, 3.05) is 0 Å². The summed E-state index contributed by atoms with van der Waals surface area (Å²) in [6.45, 7) is 0. The van der Waals surface area contributed by atoms with Crippen molar-refractivity contribution in [1.82, 2.24) is 0 Å². The fourth-order valence-electron chi connectivity index (χ4n) is 2.40. The average Bonchev–Trinajstić information content (AvgIpc) is 2.55. The van der Waals surface area contributed by atoms with Gasteiger partial charge in [-0.3, -0.25) is 0 Å². The molecule has 3 rings (SSSR count). The van der Waals surface area contributed by atoms with Crippen molar-refractivity contribution in [3.8, 4) is 0 Å². The van der Waals surface area contributed by atoms with E-state index in [0.29, 0.717) is 0 Å². The van der Waals surface area contributed by atoms with Crippen LogP contribution in [0.15, 0.2) is 0 Å². The molecular formula is C14F9Si. The Bertz CT molecular complexity index is 894. The first kappa shape index (κ1) is 16.6. The van der Waals surface area contributed by atoms with E-state index in [1.165, 1.54) is 0 Å². The molecule has 0 fully saturated rings. The van der Waals surface area contributed by atoms with Gasteiger partial charge in [-0.15, -0.1) is 0 Å². The molecule has 3 aromatic rings. The number of hydrogen-bond donors (Lipinski definition) is 0. The molecule has 24 heavy (non-hydrogen) atoms. The molecule has 0 spiro atoms. The van der Waals surface area contributed by atoms with E-state index in [1.54, 1.807) is 0 Å². The van der Waals surface area contributed by atoms with Crippen LogP contribution in [-0.4, -0.2) is 10.2 Å². The van der Waals surface area contributed by atoms with Crippen molar-refractivity contribution in [2.24, 2.45) is 0 Å². The molecule has 3 aromatic carbocycles. The maximum absolute atomic E-state index is 14.3. The highest BCUT2D eigenvalue weighted by Gasteiger charge is 2.31. The summed E-state index contributed by atoms with van der Waals surface area (Å²) in [4.78, 5) is 0. The topological polar surface area (TPSA) is 0 Å². The Morgan fingerprint density at radius 2 is 0.583 bits per heavy atom. The second-order valence-corrected chi connectivity index (χ2v) is 5.20. The van der Waals surface area contributed by atoms with Gasteiger partial charge in [-0.25, -0.2) is 39.5 Å². The molecule has 0 nitrogen and oxygen atoms in total. The predicted molar refractivity (Wildman–Crippen MR) is 66.5 cm³/mol. The summed E-state index contributed by atoms with van der Waals surface area (Å²) in [7, 11) is 2.51. The normalized spacial score (nSPS) is 11.8. The Kier molecular flexibility index (Phi) is 3.55. The van der Waals surface area contributed by atoms with Gasteiger partial charge in [-0.05, 0) is 5.19 Å². The molecule has 0 unspecified atom stereocenters. The maximum atomic E-state index is 14.3. The minimum absolute atomic E-state index is 1.02. The third-order valence-electron chi connectivity index (χ3n) is 3.47. The third kappa shape index (κ3) is 1.82. The molecule has 123 valence electrons. The lowest BCUT2D eigenvalue weighted by molar-refractivity contribution is 0.413. The van der Waals surface area contributed by atoms with Gasteiger partial charge in [0.05, 0.1) is 21.0 Å². The molecule has 0 N–H and O–H groups in total. The van der Waals surface area contributed by atoms with E-state index in [2.05, 4.69) is 10.2 Å². The standard InChI is InChI=1S/C14F9Si/c15-5-1-3(8(18)12(22)10(20)6(1)16)14(24)4-2(5)7(17)11(21)13(23)9(4)19. The van der Waals surface area contributed by atoms with Crippen molar-refractivity contribution < 1.29 is 39.5 Å². The highest BCUT2D eigenvalue weighted by atomic mass is 28.1. The largest absolute Gasteiger partial charge is 0.205 e. The van der Waals surface area contributed by atoms with E-state index >= 15 is 0 Å². The zero-order valence-electron chi connectivity index (χ0n) is 10.9. The predicted octanol–water partition coefficient (Wildman–Crippen LogP) is 4.04. The number of rotatable bonds is 0. The first-order valence-electron chi connectivity index (χ1n) is 5.95. The summed E-state index contributed by atoms with van der Waals surface area (Å²) in [5.41, 5.74) is 0. The van der Waals surface area contributed by atoms with Gasteiger partial charge in [0.25, 0.3) is 0 Å². The fourth-order valence-corrected chi connectivity index (χ4v) is 2.86. The van der Waals surface area contributed by atoms with E-state index in [9.17, 15) is 39.5 Å². The molecule has 3 radical (unpaired) electrons. The molecule has 0 bridgehead atoms. The number of benzene rings is 3. The Labute approximate surface area is 129 Å². The summed E-state index contributed by atoms with van der Waals surface area (Å²) in [6, 6.07) is 0. The molecule has 0 saturated heterocycles. The Morgan fingerprint density at radius 1 is 0.333 bits per heavy atom. The van der Waals surface area contributed by atoms with Gasteiger partial charge in [0.15, 0.2) is 46.5 Å². The lowest BCUT2D eigenvalue weighted by Gasteiger charge is -2.14. The van der Waals surface area contributed by atoms with Crippen LogP contribution in [-0.2, 0) is 0 Å². The van der Waals surface area contributed by atoms with Gasteiger partial charge in [0.1, 0.15) is 5.82 Å². The van der Waals surface area contributed by atoms with E-state index in [-0.39, 0.29) is 0 Å². The van der Waals surface area contributed by atoms with Crippen molar-refractivity contribution in [3.63, 3.8) is 0 Å². The second kappa shape index (κ2) is 5.13. The van der Waals surface area contributed by atoms with Gasteiger partial charge >= 0.3 is 0 Å². The van der Waals surface area contributed by atoms with Crippen LogP contribution in [0.3, 0.4) is 0 Å². The van der Waals surface area contributed by atoms with E-state index in [1.807, 2.05) is 0 Å². The molecule has 0 aliphatic heterocycles. The summed E-state index contributed by atoms with van der Waals surface area (Å²) in [5, 5.41) is -6.87. The Balaban J connectivity index is 2.82. The summed E-state index contributed by atoms with van der Waals surface area (Å²) < 4.78 is 123. The number of fused-ring (bicyclic) bond motifs is 2. The van der Waals surface area contributed by atoms with Crippen LogP contribution < -0.4 is 5.19 Å². The average molecular weight is 367 g/mol. The summed E-state index contributed by atoms with van der Waals surface area (Å²) >= 11 is 0. The lowest BCUT2D eigenvalue weighted by atomic mass is 9.99.